The van der Waals surface area contributed by atoms with Crippen molar-refractivity contribution in [3.05, 3.63) is 94.0 Å². The van der Waals surface area contributed by atoms with Crippen LogP contribution in [0, 0.1) is 5.82 Å². The van der Waals surface area contributed by atoms with Gasteiger partial charge in [-0.2, -0.15) is 0 Å². The van der Waals surface area contributed by atoms with Crippen molar-refractivity contribution >= 4 is 22.5 Å². The van der Waals surface area contributed by atoms with Crippen LogP contribution in [0.2, 0.25) is 0 Å². The van der Waals surface area contributed by atoms with Crippen molar-refractivity contribution in [2.24, 2.45) is 0 Å². The third-order valence-electron chi connectivity index (χ3n) is 5.61. The Morgan fingerprint density at radius 2 is 1.70 bits per heavy atom. The summed E-state index contributed by atoms with van der Waals surface area (Å²) in [7, 11) is 4.45. The number of amides is 1. The molecule has 33 heavy (non-hydrogen) atoms. The maximum absolute atomic E-state index is 14.7. The Morgan fingerprint density at radius 3 is 2.30 bits per heavy atom. The fourth-order valence-electron chi connectivity index (χ4n) is 3.98. The molecule has 0 bridgehead atoms. The molecule has 6 nitrogen and oxygen atoms in total. The normalized spacial score (nSPS) is 10.8. The van der Waals surface area contributed by atoms with Crippen LogP contribution in [0.1, 0.15) is 15.9 Å². The minimum Gasteiger partial charge on any atom is -0.492 e. The Balaban J connectivity index is 1.89. The lowest BCUT2D eigenvalue weighted by Gasteiger charge is -2.19. The van der Waals surface area contributed by atoms with Gasteiger partial charge in [0.15, 0.2) is 11.6 Å². The van der Waals surface area contributed by atoms with Gasteiger partial charge in [-0.05, 0) is 22.8 Å². The van der Waals surface area contributed by atoms with Crippen LogP contribution in [0.3, 0.4) is 0 Å². The van der Waals surface area contributed by atoms with E-state index in [9.17, 15) is 14.0 Å². The van der Waals surface area contributed by atoms with Gasteiger partial charge in [0.1, 0.15) is 11.3 Å². The number of rotatable bonds is 6. The van der Waals surface area contributed by atoms with Gasteiger partial charge in [-0.25, -0.2) is 4.39 Å². The van der Waals surface area contributed by atoms with Crippen LogP contribution >= 0.6 is 0 Å². The predicted octanol–water partition coefficient (Wildman–Crippen LogP) is 4.27. The average Bonchev–Trinajstić information content (AvgIpc) is 2.85. The van der Waals surface area contributed by atoms with Gasteiger partial charge in [-0.3, -0.25) is 9.59 Å². The number of nitrogens with one attached hydrogen (secondary N) is 2. The number of nitrogens with zero attached hydrogens (tertiary/aromatic N) is 1. The average molecular weight is 445 g/mol. The Labute approximate surface area is 190 Å². The van der Waals surface area contributed by atoms with Crippen LogP contribution in [0.25, 0.3) is 22.0 Å². The van der Waals surface area contributed by atoms with Crippen LogP contribution in [0.5, 0.6) is 5.75 Å². The number of pyridine rings is 1. The maximum atomic E-state index is 14.7. The van der Waals surface area contributed by atoms with Gasteiger partial charge < -0.3 is 19.9 Å². The van der Waals surface area contributed by atoms with E-state index < -0.39 is 17.2 Å². The molecule has 4 rings (SSSR count). The molecule has 0 spiro atoms. The van der Waals surface area contributed by atoms with Crippen molar-refractivity contribution < 1.29 is 13.9 Å². The third kappa shape index (κ3) is 4.05. The molecule has 0 aliphatic carbocycles. The SMILES string of the molecule is CNC(=O)c1cn(Cc2ccc(-c3ccccc3)cc2)c2c(OC)c(NC)c(F)cc2c1=O. The number of hydrogen-bond acceptors (Lipinski definition) is 4. The first-order valence-corrected chi connectivity index (χ1v) is 10.5. The molecule has 1 amide bonds. The van der Waals surface area contributed by atoms with Crippen molar-refractivity contribution in [1.82, 2.24) is 9.88 Å². The molecule has 0 aliphatic rings. The van der Waals surface area contributed by atoms with Gasteiger partial charge in [-0.15, -0.1) is 0 Å². The highest BCUT2D eigenvalue weighted by atomic mass is 19.1. The molecule has 3 aromatic carbocycles. The fraction of sp³-hybridized carbons (Fsp3) is 0.154. The number of anilines is 1. The lowest BCUT2D eigenvalue weighted by molar-refractivity contribution is 0.0961. The van der Waals surface area contributed by atoms with Gasteiger partial charge >= 0.3 is 0 Å². The third-order valence-corrected chi connectivity index (χ3v) is 5.61. The number of fused-ring (bicyclic) bond motifs is 1. The zero-order valence-corrected chi connectivity index (χ0v) is 18.6. The van der Waals surface area contributed by atoms with Crippen LogP contribution in [-0.2, 0) is 6.54 Å². The first-order chi connectivity index (χ1) is 16.0. The number of aromatic nitrogens is 1. The zero-order chi connectivity index (χ0) is 23.5. The van der Waals surface area contributed by atoms with Crippen molar-refractivity contribution in [3.63, 3.8) is 0 Å². The number of carbonyl (C=O) groups excluding carboxylic acids is 1. The molecule has 0 aliphatic heterocycles. The highest BCUT2D eigenvalue weighted by molar-refractivity contribution is 5.99. The summed E-state index contributed by atoms with van der Waals surface area (Å²) in [6.07, 6.45) is 1.49. The smallest absolute Gasteiger partial charge is 0.256 e. The minimum absolute atomic E-state index is 0.0652. The summed E-state index contributed by atoms with van der Waals surface area (Å²) in [5, 5.41) is 5.35. The summed E-state index contributed by atoms with van der Waals surface area (Å²) >= 11 is 0. The Morgan fingerprint density at radius 1 is 1.03 bits per heavy atom. The van der Waals surface area contributed by atoms with Gasteiger partial charge in [0.25, 0.3) is 5.91 Å². The molecule has 0 radical (unpaired) electrons. The number of carbonyl (C=O) groups is 1. The minimum atomic E-state index is -0.633. The highest BCUT2D eigenvalue weighted by Crippen LogP contribution is 2.35. The van der Waals surface area contributed by atoms with E-state index in [0.717, 1.165) is 22.8 Å². The summed E-state index contributed by atoms with van der Waals surface area (Å²) < 4.78 is 22.0. The first kappa shape index (κ1) is 22.1. The van der Waals surface area contributed by atoms with Crippen molar-refractivity contribution in [2.45, 2.75) is 6.54 Å². The molecule has 0 saturated heterocycles. The van der Waals surface area contributed by atoms with Gasteiger partial charge in [-0.1, -0.05) is 54.6 Å². The molecule has 0 saturated carbocycles. The van der Waals surface area contributed by atoms with E-state index in [1.54, 1.807) is 11.6 Å². The maximum Gasteiger partial charge on any atom is 0.256 e. The summed E-state index contributed by atoms with van der Waals surface area (Å²) in [6.45, 7) is 0.348. The molecule has 4 aromatic rings. The predicted molar refractivity (Wildman–Crippen MR) is 129 cm³/mol. The quantitative estimate of drug-likeness (QED) is 0.465. The molecule has 1 aromatic heterocycles. The Kier molecular flexibility index (Phi) is 6.13. The fourth-order valence-corrected chi connectivity index (χ4v) is 3.98. The molecule has 0 unspecified atom stereocenters. The molecule has 0 fully saturated rings. The van der Waals surface area contributed by atoms with E-state index in [4.69, 9.17) is 4.74 Å². The summed E-state index contributed by atoms with van der Waals surface area (Å²) in [6, 6.07) is 19.2. The highest BCUT2D eigenvalue weighted by Gasteiger charge is 2.22. The van der Waals surface area contributed by atoms with E-state index in [-0.39, 0.29) is 22.4 Å². The topological polar surface area (TPSA) is 72.4 Å². The number of hydrogen-bond donors (Lipinski definition) is 2. The van der Waals surface area contributed by atoms with Gasteiger partial charge in [0.2, 0.25) is 5.43 Å². The standard InChI is InChI=1S/C26H24FN3O3/c1-28-22-21(27)13-19-23(25(22)33-3)30(15-20(24(19)31)26(32)29-2)14-16-9-11-18(12-10-16)17-7-5-4-6-8-17/h4-13,15,28H,14H2,1-3H3,(H,29,32). The molecular formula is C26H24FN3O3. The Bertz CT molecular complexity index is 1380. The lowest BCUT2D eigenvalue weighted by Crippen LogP contribution is -2.27. The van der Waals surface area contributed by atoms with Crippen LogP contribution < -0.4 is 20.8 Å². The summed E-state index contributed by atoms with van der Waals surface area (Å²) in [5.74, 6) is -0.965. The molecular weight excluding hydrogens is 421 g/mol. The van der Waals surface area contributed by atoms with Crippen LogP contribution in [-0.4, -0.2) is 31.7 Å². The second-order valence-electron chi connectivity index (χ2n) is 7.55. The number of ether oxygens (including phenoxy) is 1. The molecule has 1 heterocycles. The molecule has 0 atom stereocenters. The van der Waals surface area contributed by atoms with E-state index in [1.807, 2.05) is 54.6 Å². The zero-order valence-electron chi connectivity index (χ0n) is 18.6. The molecule has 2 N–H and O–H groups in total. The van der Waals surface area contributed by atoms with Gasteiger partial charge in [0, 0.05) is 26.8 Å². The summed E-state index contributed by atoms with van der Waals surface area (Å²) in [4.78, 5) is 25.4. The Hall–Kier alpha value is -4.13. The number of benzene rings is 3. The van der Waals surface area contributed by atoms with E-state index >= 15 is 0 Å². The van der Waals surface area contributed by atoms with Crippen molar-refractivity contribution in [3.8, 4) is 16.9 Å². The van der Waals surface area contributed by atoms with E-state index in [1.165, 1.54) is 20.4 Å². The molecule has 7 heteroatoms. The monoisotopic (exact) mass is 445 g/mol. The van der Waals surface area contributed by atoms with Crippen molar-refractivity contribution in [2.75, 3.05) is 26.5 Å². The van der Waals surface area contributed by atoms with Crippen LogP contribution in [0.4, 0.5) is 10.1 Å². The van der Waals surface area contributed by atoms with Gasteiger partial charge in [0.05, 0.1) is 18.0 Å². The van der Waals surface area contributed by atoms with E-state index in [0.29, 0.717) is 12.1 Å². The first-order valence-electron chi connectivity index (χ1n) is 10.5. The second kappa shape index (κ2) is 9.16. The number of halogens is 1. The molecule has 168 valence electrons. The second-order valence-corrected chi connectivity index (χ2v) is 7.55. The van der Waals surface area contributed by atoms with E-state index in [2.05, 4.69) is 10.6 Å². The van der Waals surface area contributed by atoms with Crippen molar-refractivity contribution in [1.29, 1.82) is 0 Å². The van der Waals surface area contributed by atoms with Crippen LogP contribution in [0.15, 0.2) is 71.7 Å². The lowest BCUT2D eigenvalue weighted by atomic mass is 10.0. The number of methoxy groups -OCH3 is 1. The largest absolute Gasteiger partial charge is 0.492 e. The summed E-state index contributed by atoms with van der Waals surface area (Å²) in [5.41, 5.74) is 3.06.